The zero-order valence-corrected chi connectivity index (χ0v) is 16.3. The first-order chi connectivity index (χ1) is 14.4. The van der Waals surface area contributed by atoms with Crippen molar-refractivity contribution in [1.29, 1.82) is 5.26 Å². The monoisotopic (exact) mass is 413 g/mol. The summed E-state index contributed by atoms with van der Waals surface area (Å²) in [4.78, 5) is 32.6. The van der Waals surface area contributed by atoms with Gasteiger partial charge in [0, 0.05) is 37.8 Å². The van der Waals surface area contributed by atoms with Gasteiger partial charge in [0.1, 0.15) is 23.7 Å². The predicted molar refractivity (Wildman–Crippen MR) is 102 cm³/mol. The average Bonchev–Trinajstić information content (AvgIpc) is 3.04. The Balaban J connectivity index is 1.57. The van der Waals surface area contributed by atoms with Gasteiger partial charge in [-0.1, -0.05) is 0 Å². The van der Waals surface area contributed by atoms with E-state index in [-0.39, 0.29) is 30.7 Å². The van der Waals surface area contributed by atoms with E-state index in [2.05, 4.69) is 10.4 Å². The highest BCUT2D eigenvalue weighted by Gasteiger charge is 2.35. The number of carbonyl (C=O) groups excluding carboxylic acids is 2. The summed E-state index contributed by atoms with van der Waals surface area (Å²) in [6.07, 6.45) is 0.106. The van der Waals surface area contributed by atoms with Crippen LogP contribution in [-0.2, 0) is 24.3 Å². The first-order valence-electron chi connectivity index (χ1n) is 9.40. The number of anilines is 1. The fourth-order valence-corrected chi connectivity index (χ4v) is 3.63. The molecule has 11 heteroatoms. The number of urea groups is 1. The summed E-state index contributed by atoms with van der Waals surface area (Å²) < 4.78 is 15.1. The molecule has 0 saturated heterocycles. The quantitative estimate of drug-likeness (QED) is 0.750. The molecule has 156 valence electrons. The maximum absolute atomic E-state index is 13.5. The van der Waals surface area contributed by atoms with E-state index >= 15 is 0 Å². The SMILES string of the molecule is CN1O[C@H](CN)Cn2nc3c(c2C1=O)CN(C(=O)Nc1ccc(F)c(C#N)c1)CC3. The Morgan fingerprint density at radius 1 is 1.50 bits per heavy atom. The normalized spacial score (nSPS) is 18.3. The third kappa shape index (κ3) is 3.47. The zero-order valence-electron chi connectivity index (χ0n) is 16.3. The van der Waals surface area contributed by atoms with Crippen LogP contribution in [0.2, 0.25) is 0 Å². The van der Waals surface area contributed by atoms with Crippen molar-refractivity contribution in [2.24, 2.45) is 5.73 Å². The molecule has 30 heavy (non-hydrogen) atoms. The minimum Gasteiger partial charge on any atom is -0.328 e. The van der Waals surface area contributed by atoms with E-state index in [0.29, 0.717) is 36.5 Å². The molecule has 2 aliphatic heterocycles. The Kier molecular flexibility index (Phi) is 5.11. The van der Waals surface area contributed by atoms with Crippen LogP contribution < -0.4 is 11.1 Å². The summed E-state index contributed by atoms with van der Waals surface area (Å²) in [6, 6.07) is 5.12. The summed E-state index contributed by atoms with van der Waals surface area (Å²) in [7, 11) is 1.52. The van der Waals surface area contributed by atoms with Crippen molar-refractivity contribution in [1.82, 2.24) is 19.7 Å². The Hall–Kier alpha value is -3.49. The number of nitrogens with one attached hydrogen (secondary N) is 1. The van der Waals surface area contributed by atoms with E-state index in [4.69, 9.17) is 15.8 Å². The van der Waals surface area contributed by atoms with Crippen LogP contribution in [0.5, 0.6) is 0 Å². The van der Waals surface area contributed by atoms with Gasteiger partial charge in [0.15, 0.2) is 0 Å². The highest BCUT2D eigenvalue weighted by atomic mass is 19.1. The predicted octanol–water partition coefficient (Wildman–Crippen LogP) is 0.829. The molecule has 3 amide bonds. The molecular formula is C19H20FN7O3. The van der Waals surface area contributed by atoms with Gasteiger partial charge in [-0.2, -0.15) is 10.4 Å². The molecule has 1 aromatic carbocycles. The van der Waals surface area contributed by atoms with Crippen LogP contribution >= 0.6 is 0 Å². The molecular weight excluding hydrogens is 393 g/mol. The molecule has 0 aliphatic carbocycles. The number of halogens is 1. The van der Waals surface area contributed by atoms with Gasteiger partial charge >= 0.3 is 6.03 Å². The molecule has 1 atom stereocenters. The van der Waals surface area contributed by atoms with Gasteiger partial charge in [-0.15, -0.1) is 0 Å². The standard InChI is InChI=1S/C19H20FN7O3/c1-25-18(28)17-14-10-26(5-4-16(14)24-27(17)9-13(8-22)30-25)19(29)23-12-2-3-15(20)11(6-12)7-21/h2-3,6,13H,4-5,8-10,22H2,1H3,(H,23,29)/t13-/m1/s1. The lowest BCUT2D eigenvalue weighted by Crippen LogP contribution is -2.39. The van der Waals surface area contributed by atoms with Gasteiger partial charge in [-0.3, -0.25) is 14.3 Å². The highest BCUT2D eigenvalue weighted by molar-refractivity contribution is 5.94. The van der Waals surface area contributed by atoms with Gasteiger partial charge in [0.05, 0.1) is 24.3 Å². The minimum absolute atomic E-state index is 0.154. The maximum Gasteiger partial charge on any atom is 0.322 e. The minimum atomic E-state index is -0.652. The number of nitrogens with zero attached hydrogens (tertiary/aromatic N) is 5. The Morgan fingerprint density at radius 3 is 3.03 bits per heavy atom. The van der Waals surface area contributed by atoms with Gasteiger partial charge in [-0.25, -0.2) is 14.2 Å². The number of rotatable bonds is 2. The van der Waals surface area contributed by atoms with E-state index in [1.807, 2.05) is 0 Å². The van der Waals surface area contributed by atoms with Crippen molar-refractivity contribution in [3.05, 3.63) is 46.5 Å². The van der Waals surface area contributed by atoms with E-state index < -0.39 is 11.8 Å². The Morgan fingerprint density at radius 2 is 2.30 bits per heavy atom. The van der Waals surface area contributed by atoms with Crippen LogP contribution in [0.3, 0.4) is 0 Å². The van der Waals surface area contributed by atoms with E-state index in [9.17, 15) is 14.0 Å². The first kappa shape index (κ1) is 19.8. The fraction of sp³-hybridized carbons (Fsp3) is 0.368. The molecule has 0 bridgehead atoms. The summed E-state index contributed by atoms with van der Waals surface area (Å²) in [5.74, 6) is -1.000. The number of nitrogens with two attached hydrogens (primary N) is 1. The van der Waals surface area contributed by atoms with Crippen LogP contribution in [0.1, 0.15) is 27.3 Å². The van der Waals surface area contributed by atoms with Crippen molar-refractivity contribution >= 4 is 17.6 Å². The van der Waals surface area contributed by atoms with Crippen LogP contribution in [0.25, 0.3) is 0 Å². The van der Waals surface area contributed by atoms with E-state index in [1.165, 1.54) is 19.2 Å². The topological polar surface area (TPSA) is 130 Å². The number of fused-ring (bicyclic) bond motifs is 3. The molecule has 3 heterocycles. The fourth-order valence-electron chi connectivity index (χ4n) is 3.63. The van der Waals surface area contributed by atoms with Gasteiger partial charge < -0.3 is 16.0 Å². The first-order valence-corrected chi connectivity index (χ1v) is 9.40. The number of hydrogen-bond acceptors (Lipinski definition) is 6. The van der Waals surface area contributed by atoms with Crippen LogP contribution in [0, 0.1) is 17.1 Å². The van der Waals surface area contributed by atoms with E-state index in [1.54, 1.807) is 15.7 Å². The maximum atomic E-state index is 13.5. The smallest absolute Gasteiger partial charge is 0.322 e. The number of hydrogen-bond donors (Lipinski definition) is 2. The average molecular weight is 413 g/mol. The van der Waals surface area contributed by atoms with Gasteiger partial charge in [0.25, 0.3) is 5.91 Å². The number of carbonyl (C=O) groups is 2. The van der Waals surface area contributed by atoms with Crippen LogP contribution in [0.4, 0.5) is 14.9 Å². The Labute approximate surface area is 171 Å². The summed E-state index contributed by atoms with van der Waals surface area (Å²) >= 11 is 0. The molecule has 4 rings (SSSR count). The van der Waals surface area contributed by atoms with Gasteiger partial charge in [0.2, 0.25) is 0 Å². The van der Waals surface area contributed by atoms with Crippen LogP contribution in [0.15, 0.2) is 18.2 Å². The summed E-state index contributed by atoms with van der Waals surface area (Å²) in [5.41, 5.74) is 7.70. The molecule has 0 fully saturated rings. The second-order valence-electron chi connectivity index (χ2n) is 7.13. The molecule has 0 radical (unpaired) electrons. The lowest BCUT2D eigenvalue weighted by atomic mass is 10.1. The second-order valence-corrected chi connectivity index (χ2v) is 7.13. The van der Waals surface area contributed by atoms with Crippen molar-refractivity contribution in [3.8, 4) is 6.07 Å². The largest absolute Gasteiger partial charge is 0.328 e. The third-order valence-electron chi connectivity index (χ3n) is 5.16. The molecule has 0 saturated carbocycles. The number of aromatic nitrogens is 2. The molecule has 2 aromatic rings. The number of benzene rings is 1. The molecule has 10 nitrogen and oxygen atoms in total. The number of amides is 3. The molecule has 1 aromatic heterocycles. The van der Waals surface area contributed by atoms with Crippen molar-refractivity contribution < 1.29 is 18.8 Å². The molecule has 2 aliphatic rings. The number of nitriles is 1. The third-order valence-corrected chi connectivity index (χ3v) is 5.16. The summed E-state index contributed by atoms with van der Waals surface area (Å²) in [6.45, 7) is 1.17. The molecule has 0 unspecified atom stereocenters. The second kappa shape index (κ2) is 7.74. The highest BCUT2D eigenvalue weighted by Crippen LogP contribution is 2.26. The zero-order chi connectivity index (χ0) is 21.4. The Bertz CT molecular complexity index is 1060. The van der Waals surface area contributed by atoms with Crippen LogP contribution in [-0.4, -0.2) is 57.9 Å². The lowest BCUT2D eigenvalue weighted by Gasteiger charge is -2.27. The number of hydroxylamine groups is 2. The van der Waals surface area contributed by atoms with Gasteiger partial charge in [-0.05, 0) is 18.2 Å². The molecule has 0 spiro atoms. The summed E-state index contributed by atoms with van der Waals surface area (Å²) in [5, 5.41) is 17.3. The van der Waals surface area contributed by atoms with Crippen molar-refractivity contribution in [3.63, 3.8) is 0 Å². The van der Waals surface area contributed by atoms with Crippen molar-refractivity contribution in [2.45, 2.75) is 25.6 Å². The van der Waals surface area contributed by atoms with E-state index in [0.717, 1.165) is 16.8 Å². The molecule has 3 N–H and O–H groups in total. The lowest BCUT2D eigenvalue weighted by molar-refractivity contribution is -0.144. The van der Waals surface area contributed by atoms with Crippen molar-refractivity contribution in [2.75, 3.05) is 25.5 Å².